The third-order valence-electron chi connectivity index (χ3n) is 4.08. The second-order valence-electron chi connectivity index (χ2n) is 5.65. The van der Waals surface area contributed by atoms with Crippen LogP contribution in [-0.4, -0.2) is 11.7 Å². The normalized spacial score (nSPS) is 35.5. The van der Waals surface area contributed by atoms with Gasteiger partial charge in [-0.1, -0.05) is 36.0 Å². The predicted octanol–water partition coefficient (Wildman–Crippen LogP) is 3.72. The van der Waals surface area contributed by atoms with Crippen LogP contribution in [0.1, 0.15) is 33.1 Å². The molecule has 1 N–H and O–H groups in total. The Morgan fingerprint density at radius 2 is 2.18 bits per heavy atom. The first kappa shape index (κ1) is 12.6. The fourth-order valence-corrected chi connectivity index (χ4v) is 3.43. The van der Waals surface area contributed by atoms with E-state index in [-0.39, 0.29) is 6.61 Å². The van der Waals surface area contributed by atoms with Gasteiger partial charge in [-0.3, -0.25) is 0 Å². The zero-order valence-corrected chi connectivity index (χ0v) is 11.0. The molecule has 0 radical (unpaired) electrons. The quantitative estimate of drug-likeness (QED) is 0.732. The minimum Gasteiger partial charge on any atom is -0.396 e. The van der Waals surface area contributed by atoms with E-state index in [1.54, 1.807) is 0 Å². The summed E-state index contributed by atoms with van der Waals surface area (Å²) in [6.45, 7) is 4.67. The van der Waals surface area contributed by atoms with Crippen molar-refractivity contribution in [3.8, 4) is 0 Å². The molecular formula is C16H24O. The molecule has 1 nitrogen and oxygen atoms in total. The zero-order chi connectivity index (χ0) is 12.3. The summed E-state index contributed by atoms with van der Waals surface area (Å²) in [5, 5.41) is 8.82. The standard InChI is InChI=1S/C16H24O/c1-12(2)10-14-11-13(6-3-4-9-17)15-7-5-8-16(14)15/h3,5-7,10,13-17H,4,8-9,11H2,1-2H3/b6-3+. The van der Waals surface area contributed by atoms with Gasteiger partial charge >= 0.3 is 0 Å². The fraction of sp³-hybridized carbons (Fsp3) is 0.625. The predicted molar refractivity (Wildman–Crippen MR) is 72.6 cm³/mol. The fourth-order valence-electron chi connectivity index (χ4n) is 3.43. The van der Waals surface area contributed by atoms with Gasteiger partial charge in [-0.2, -0.15) is 0 Å². The first-order valence-electron chi connectivity index (χ1n) is 6.81. The highest BCUT2D eigenvalue weighted by Gasteiger charge is 2.40. The molecule has 0 aromatic rings. The summed E-state index contributed by atoms with van der Waals surface area (Å²) in [5.74, 6) is 3.01. The third kappa shape index (κ3) is 2.90. The molecule has 1 fully saturated rings. The lowest BCUT2D eigenvalue weighted by molar-refractivity contribution is 0.302. The molecule has 2 aliphatic rings. The van der Waals surface area contributed by atoms with Crippen LogP contribution in [0.4, 0.5) is 0 Å². The van der Waals surface area contributed by atoms with Gasteiger partial charge in [0.05, 0.1) is 0 Å². The highest BCUT2D eigenvalue weighted by molar-refractivity contribution is 5.17. The monoisotopic (exact) mass is 232 g/mol. The van der Waals surface area contributed by atoms with Crippen molar-refractivity contribution < 1.29 is 5.11 Å². The van der Waals surface area contributed by atoms with Gasteiger partial charge in [0.25, 0.3) is 0 Å². The summed E-state index contributed by atoms with van der Waals surface area (Å²) in [4.78, 5) is 0. The first-order chi connectivity index (χ1) is 8.22. The van der Waals surface area contributed by atoms with Crippen molar-refractivity contribution in [3.63, 3.8) is 0 Å². The van der Waals surface area contributed by atoms with Crippen LogP contribution in [0.2, 0.25) is 0 Å². The maximum Gasteiger partial charge on any atom is 0.0465 e. The molecule has 94 valence electrons. The molecule has 1 heteroatoms. The number of hydrogen-bond donors (Lipinski definition) is 1. The van der Waals surface area contributed by atoms with Gasteiger partial charge in [0.15, 0.2) is 0 Å². The number of allylic oxidation sites excluding steroid dienone is 5. The number of fused-ring (bicyclic) bond motifs is 1. The molecule has 4 atom stereocenters. The van der Waals surface area contributed by atoms with E-state index in [1.165, 1.54) is 18.4 Å². The Morgan fingerprint density at radius 3 is 2.88 bits per heavy atom. The highest BCUT2D eigenvalue weighted by atomic mass is 16.2. The van der Waals surface area contributed by atoms with Crippen LogP contribution in [0.3, 0.4) is 0 Å². The summed E-state index contributed by atoms with van der Waals surface area (Å²) in [5.41, 5.74) is 1.45. The maximum absolute atomic E-state index is 8.82. The minimum atomic E-state index is 0.268. The average Bonchev–Trinajstić information content (AvgIpc) is 2.83. The molecule has 0 amide bonds. The van der Waals surface area contributed by atoms with E-state index in [2.05, 4.69) is 44.2 Å². The Kier molecular flexibility index (Phi) is 4.22. The van der Waals surface area contributed by atoms with Gasteiger partial charge in [-0.15, -0.1) is 0 Å². The van der Waals surface area contributed by atoms with Crippen LogP contribution in [0.25, 0.3) is 0 Å². The molecule has 2 rings (SSSR count). The average molecular weight is 232 g/mol. The summed E-state index contributed by atoms with van der Waals surface area (Å²) in [7, 11) is 0. The van der Waals surface area contributed by atoms with Crippen LogP contribution >= 0.6 is 0 Å². The van der Waals surface area contributed by atoms with E-state index in [1.807, 2.05) is 0 Å². The van der Waals surface area contributed by atoms with Crippen LogP contribution < -0.4 is 0 Å². The Labute approximate surface area is 105 Å². The summed E-state index contributed by atoms with van der Waals surface area (Å²) in [6, 6.07) is 0. The van der Waals surface area contributed by atoms with Gasteiger partial charge in [0, 0.05) is 6.61 Å². The summed E-state index contributed by atoms with van der Waals surface area (Å²) >= 11 is 0. The molecule has 2 aliphatic carbocycles. The second kappa shape index (κ2) is 5.68. The van der Waals surface area contributed by atoms with Gasteiger partial charge in [0.2, 0.25) is 0 Å². The second-order valence-corrected chi connectivity index (χ2v) is 5.65. The van der Waals surface area contributed by atoms with Crippen LogP contribution in [0.5, 0.6) is 0 Å². The lowest BCUT2D eigenvalue weighted by atomic mass is 9.89. The minimum absolute atomic E-state index is 0.268. The van der Waals surface area contributed by atoms with Crippen molar-refractivity contribution in [1.29, 1.82) is 0 Å². The summed E-state index contributed by atoms with van der Waals surface area (Å²) < 4.78 is 0. The molecule has 1 saturated carbocycles. The van der Waals surface area contributed by atoms with Crippen LogP contribution in [0.15, 0.2) is 36.0 Å². The number of aliphatic hydroxyl groups excluding tert-OH is 1. The van der Waals surface area contributed by atoms with E-state index >= 15 is 0 Å². The molecule has 0 saturated heterocycles. The lowest BCUT2D eigenvalue weighted by Crippen LogP contribution is -2.09. The highest BCUT2D eigenvalue weighted by Crippen LogP contribution is 2.49. The van der Waals surface area contributed by atoms with Crippen molar-refractivity contribution >= 4 is 0 Å². The molecule has 0 spiro atoms. The van der Waals surface area contributed by atoms with E-state index < -0.39 is 0 Å². The number of hydrogen-bond acceptors (Lipinski definition) is 1. The SMILES string of the molecule is CC(C)=CC1CC(/C=C/CCO)C2C=CCC12. The Balaban J connectivity index is 2.05. The van der Waals surface area contributed by atoms with Gasteiger partial charge in [-0.05, 0) is 56.8 Å². The Hall–Kier alpha value is -0.820. The largest absolute Gasteiger partial charge is 0.396 e. The Morgan fingerprint density at radius 1 is 1.35 bits per heavy atom. The van der Waals surface area contributed by atoms with Crippen molar-refractivity contribution in [2.24, 2.45) is 23.7 Å². The van der Waals surface area contributed by atoms with Gasteiger partial charge in [-0.25, -0.2) is 0 Å². The number of rotatable bonds is 4. The molecule has 0 bridgehead atoms. The van der Waals surface area contributed by atoms with Crippen molar-refractivity contribution in [1.82, 2.24) is 0 Å². The van der Waals surface area contributed by atoms with E-state index in [0.29, 0.717) is 5.92 Å². The third-order valence-corrected chi connectivity index (χ3v) is 4.08. The van der Waals surface area contributed by atoms with Crippen LogP contribution in [-0.2, 0) is 0 Å². The van der Waals surface area contributed by atoms with Gasteiger partial charge in [0.1, 0.15) is 0 Å². The van der Waals surface area contributed by atoms with E-state index in [9.17, 15) is 0 Å². The molecule has 4 unspecified atom stereocenters. The molecule has 0 heterocycles. The molecule has 0 aromatic carbocycles. The number of aliphatic hydroxyl groups is 1. The lowest BCUT2D eigenvalue weighted by Gasteiger charge is -2.15. The molecule has 0 aromatic heterocycles. The van der Waals surface area contributed by atoms with Gasteiger partial charge < -0.3 is 5.11 Å². The molecule has 0 aliphatic heterocycles. The van der Waals surface area contributed by atoms with E-state index in [4.69, 9.17) is 5.11 Å². The Bertz CT molecular complexity index is 333. The van der Waals surface area contributed by atoms with Crippen molar-refractivity contribution in [2.45, 2.75) is 33.1 Å². The topological polar surface area (TPSA) is 20.2 Å². The van der Waals surface area contributed by atoms with Crippen molar-refractivity contribution in [3.05, 3.63) is 36.0 Å². The smallest absolute Gasteiger partial charge is 0.0465 e. The summed E-state index contributed by atoms with van der Waals surface area (Å²) in [6.07, 6.45) is 15.1. The maximum atomic E-state index is 8.82. The zero-order valence-electron chi connectivity index (χ0n) is 11.0. The first-order valence-corrected chi connectivity index (χ1v) is 6.81. The van der Waals surface area contributed by atoms with Crippen molar-refractivity contribution in [2.75, 3.05) is 6.61 Å². The van der Waals surface area contributed by atoms with E-state index in [0.717, 1.165) is 24.2 Å². The molecule has 17 heavy (non-hydrogen) atoms. The molecular weight excluding hydrogens is 208 g/mol. The van der Waals surface area contributed by atoms with Crippen LogP contribution in [0, 0.1) is 23.7 Å².